The van der Waals surface area contributed by atoms with Crippen molar-refractivity contribution in [1.29, 1.82) is 0 Å². The Morgan fingerprint density at radius 1 is 1.39 bits per heavy atom. The number of halogens is 3. The first kappa shape index (κ1) is 15.0. The van der Waals surface area contributed by atoms with Gasteiger partial charge in [0.1, 0.15) is 0 Å². The lowest BCUT2D eigenvalue weighted by Gasteiger charge is -2.12. The Hall–Kier alpha value is -1.08. The summed E-state index contributed by atoms with van der Waals surface area (Å²) in [6.45, 7) is -2.25. The average Bonchev–Trinajstić information content (AvgIpc) is 2.23. The van der Waals surface area contributed by atoms with E-state index in [1.54, 1.807) is 0 Å². The van der Waals surface area contributed by atoms with Crippen molar-refractivity contribution >= 4 is 17.4 Å². The molecule has 0 fully saturated rings. The second kappa shape index (κ2) is 6.75. The zero-order valence-corrected chi connectivity index (χ0v) is 10.9. The fourth-order valence-corrected chi connectivity index (χ4v) is 2.29. The summed E-state index contributed by atoms with van der Waals surface area (Å²) in [5.41, 5.74) is 5.84. The minimum absolute atomic E-state index is 0.220. The molecule has 7 heteroatoms. The summed E-state index contributed by atoms with van der Waals surface area (Å²) in [6, 6.07) is 2.20. The van der Waals surface area contributed by atoms with Crippen LogP contribution in [-0.2, 0) is 0 Å². The highest BCUT2D eigenvalue weighted by Gasteiger charge is 2.13. The first-order valence-corrected chi connectivity index (χ1v) is 6.20. The van der Waals surface area contributed by atoms with Gasteiger partial charge in [-0.15, -0.1) is 11.8 Å². The Labute approximate surface area is 108 Å². The second-order valence-electron chi connectivity index (χ2n) is 3.85. The summed E-state index contributed by atoms with van der Waals surface area (Å²) in [7, 11) is 3.83. The van der Waals surface area contributed by atoms with Gasteiger partial charge in [0.05, 0.1) is 0 Å². The highest BCUT2D eigenvalue weighted by molar-refractivity contribution is 7.99. The molecule has 0 radical (unpaired) electrons. The molecule has 0 aliphatic heterocycles. The predicted molar refractivity (Wildman–Crippen MR) is 66.7 cm³/mol. The molecule has 0 aliphatic carbocycles. The van der Waals surface area contributed by atoms with E-state index in [-0.39, 0.29) is 5.69 Å². The summed E-state index contributed by atoms with van der Waals surface area (Å²) in [5.74, 6) is -0.645. The number of alkyl halides is 2. The molecule has 0 spiro atoms. The lowest BCUT2D eigenvalue weighted by molar-refractivity contribution is -0.0523. The SMILES string of the molecule is CN(C)CCSc1cc(OC(F)F)c(F)cc1N. The summed E-state index contributed by atoms with van der Waals surface area (Å²) < 4.78 is 41.5. The first-order valence-electron chi connectivity index (χ1n) is 5.21. The number of hydrogen-bond donors (Lipinski definition) is 1. The van der Waals surface area contributed by atoms with Crippen LogP contribution in [0.4, 0.5) is 18.9 Å². The van der Waals surface area contributed by atoms with E-state index in [1.807, 2.05) is 19.0 Å². The third kappa shape index (κ3) is 4.66. The van der Waals surface area contributed by atoms with Crippen LogP contribution < -0.4 is 10.5 Å². The van der Waals surface area contributed by atoms with Crippen LogP contribution in [0.2, 0.25) is 0 Å². The van der Waals surface area contributed by atoms with Gasteiger partial charge in [-0.05, 0) is 20.2 Å². The molecule has 0 aromatic heterocycles. The zero-order chi connectivity index (χ0) is 13.7. The van der Waals surface area contributed by atoms with Crippen molar-refractivity contribution < 1.29 is 17.9 Å². The topological polar surface area (TPSA) is 38.5 Å². The Kier molecular flexibility index (Phi) is 5.61. The van der Waals surface area contributed by atoms with Crippen molar-refractivity contribution in [1.82, 2.24) is 4.90 Å². The van der Waals surface area contributed by atoms with Crippen LogP contribution in [0.15, 0.2) is 17.0 Å². The largest absolute Gasteiger partial charge is 0.432 e. The van der Waals surface area contributed by atoms with Gasteiger partial charge in [0.2, 0.25) is 0 Å². The maximum Gasteiger partial charge on any atom is 0.387 e. The molecular formula is C11H15F3N2OS. The fraction of sp³-hybridized carbons (Fsp3) is 0.455. The number of rotatable bonds is 6. The minimum Gasteiger partial charge on any atom is -0.432 e. The smallest absolute Gasteiger partial charge is 0.387 e. The van der Waals surface area contributed by atoms with Crippen molar-refractivity contribution in [3.8, 4) is 5.75 Å². The van der Waals surface area contributed by atoms with Gasteiger partial charge >= 0.3 is 6.61 Å². The predicted octanol–water partition coefficient (Wildman–Crippen LogP) is 2.66. The molecule has 0 unspecified atom stereocenters. The van der Waals surface area contributed by atoms with Crippen LogP contribution in [0.3, 0.4) is 0 Å². The maximum atomic E-state index is 13.3. The summed E-state index contributed by atoms with van der Waals surface area (Å²) in [5, 5.41) is 0. The van der Waals surface area contributed by atoms with Gasteiger partial charge < -0.3 is 15.4 Å². The molecule has 0 amide bonds. The molecule has 102 valence electrons. The molecule has 0 heterocycles. The van der Waals surface area contributed by atoms with Crippen LogP contribution in [-0.4, -0.2) is 37.9 Å². The molecule has 0 saturated heterocycles. The number of nitrogen functional groups attached to an aromatic ring is 1. The fourth-order valence-electron chi connectivity index (χ4n) is 1.20. The summed E-state index contributed by atoms with van der Waals surface area (Å²) in [4.78, 5) is 2.51. The van der Waals surface area contributed by atoms with E-state index < -0.39 is 18.2 Å². The first-order chi connectivity index (χ1) is 8.40. The van der Waals surface area contributed by atoms with E-state index in [0.29, 0.717) is 4.90 Å². The van der Waals surface area contributed by atoms with Crippen LogP contribution in [0.5, 0.6) is 5.75 Å². The lowest BCUT2D eigenvalue weighted by Crippen LogP contribution is -2.14. The van der Waals surface area contributed by atoms with Gasteiger partial charge in [-0.1, -0.05) is 0 Å². The number of anilines is 1. The number of nitrogens with two attached hydrogens (primary N) is 1. The highest BCUT2D eigenvalue weighted by atomic mass is 32.2. The van der Waals surface area contributed by atoms with Crippen LogP contribution >= 0.6 is 11.8 Å². The van der Waals surface area contributed by atoms with Gasteiger partial charge in [0.15, 0.2) is 11.6 Å². The molecule has 1 rings (SSSR count). The van der Waals surface area contributed by atoms with E-state index in [9.17, 15) is 13.2 Å². The van der Waals surface area contributed by atoms with Gasteiger partial charge in [0.25, 0.3) is 0 Å². The maximum absolute atomic E-state index is 13.3. The monoisotopic (exact) mass is 280 g/mol. The molecule has 0 bridgehead atoms. The molecule has 3 nitrogen and oxygen atoms in total. The van der Waals surface area contributed by atoms with E-state index in [0.717, 1.165) is 18.4 Å². The molecule has 2 N–H and O–H groups in total. The second-order valence-corrected chi connectivity index (χ2v) is 4.99. The molecule has 18 heavy (non-hydrogen) atoms. The van der Waals surface area contributed by atoms with E-state index >= 15 is 0 Å². The minimum atomic E-state index is -3.05. The number of thioether (sulfide) groups is 1. The highest BCUT2D eigenvalue weighted by Crippen LogP contribution is 2.32. The molecule has 0 aliphatic rings. The number of hydrogen-bond acceptors (Lipinski definition) is 4. The quantitative estimate of drug-likeness (QED) is 0.642. The van der Waals surface area contributed by atoms with E-state index in [1.165, 1.54) is 17.8 Å². The van der Waals surface area contributed by atoms with Crippen molar-refractivity contribution in [3.05, 3.63) is 17.9 Å². The van der Waals surface area contributed by atoms with Crippen LogP contribution in [0.1, 0.15) is 0 Å². The third-order valence-corrected chi connectivity index (χ3v) is 3.13. The average molecular weight is 280 g/mol. The molecule has 1 aromatic rings. The Morgan fingerprint density at radius 3 is 2.61 bits per heavy atom. The molecule has 0 atom stereocenters. The molecule has 1 aromatic carbocycles. The van der Waals surface area contributed by atoms with Crippen molar-refractivity contribution in [2.45, 2.75) is 11.5 Å². The lowest BCUT2D eigenvalue weighted by atomic mass is 10.3. The number of benzene rings is 1. The van der Waals surface area contributed by atoms with Crippen LogP contribution in [0.25, 0.3) is 0 Å². The standard InChI is InChI=1S/C11H15F3N2OS/c1-16(2)3-4-18-10-6-9(17-11(13)14)7(12)5-8(10)15/h5-6,11H,3-4,15H2,1-2H3. The van der Waals surface area contributed by atoms with Gasteiger partial charge in [-0.25, -0.2) is 4.39 Å². The summed E-state index contributed by atoms with van der Waals surface area (Å²) in [6.07, 6.45) is 0. The van der Waals surface area contributed by atoms with Gasteiger partial charge in [0, 0.05) is 28.9 Å². The molecule has 0 saturated carbocycles. The van der Waals surface area contributed by atoms with Crippen LogP contribution in [0, 0.1) is 5.82 Å². The normalized spacial score (nSPS) is 11.3. The van der Waals surface area contributed by atoms with Crippen molar-refractivity contribution in [2.24, 2.45) is 0 Å². The van der Waals surface area contributed by atoms with Crippen molar-refractivity contribution in [3.63, 3.8) is 0 Å². The van der Waals surface area contributed by atoms with Crippen molar-refractivity contribution in [2.75, 3.05) is 32.1 Å². The third-order valence-electron chi connectivity index (χ3n) is 2.08. The molecular weight excluding hydrogens is 265 g/mol. The number of ether oxygens (including phenoxy) is 1. The van der Waals surface area contributed by atoms with E-state index in [4.69, 9.17) is 5.73 Å². The zero-order valence-electron chi connectivity index (χ0n) is 10.1. The Bertz CT molecular complexity index is 402. The Balaban J connectivity index is 2.77. The number of nitrogens with zero attached hydrogens (tertiary/aromatic N) is 1. The van der Waals surface area contributed by atoms with E-state index in [2.05, 4.69) is 4.74 Å². The summed E-state index contributed by atoms with van der Waals surface area (Å²) >= 11 is 1.37. The van der Waals surface area contributed by atoms with Gasteiger partial charge in [-0.3, -0.25) is 0 Å². The van der Waals surface area contributed by atoms with Gasteiger partial charge in [-0.2, -0.15) is 8.78 Å². The Morgan fingerprint density at radius 2 is 2.06 bits per heavy atom.